The Labute approximate surface area is 121 Å². The minimum Gasteiger partial charge on any atom is -0.384 e. The van der Waals surface area contributed by atoms with Crippen molar-refractivity contribution in [1.29, 1.82) is 0 Å². The third-order valence-corrected chi connectivity index (χ3v) is 3.23. The molecule has 1 unspecified atom stereocenters. The first-order chi connectivity index (χ1) is 9.42. The van der Waals surface area contributed by atoms with Crippen molar-refractivity contribution in [2.75, 3.05) is 13.1 Å². The molecule has 1 aromatic rings. The SMILES string of the molecule is CC(C)CCCNC(=O)NCC(C)(O)c1ccccc1. The molecule has 112 valence electrons. The van der Waals surface area contributed by atoms with Crippen LogP contribution in [0.3, 0.4) is 0 Å². The fraction of sp³-hybridized carbons (Fsp3) is 0.562. The van der Waals surface area contributed by atoms with E-state index in [1.807, 2.05) is 30.3 Å². The Bertz CT molecular complexity index is 402. The van der Waals surface area contributed by atoms with Crippen LogP contribution in [-0.4, -0.2) is 24.2 Å². The highest BCUT2D eigenvalue weighted by atomic mass is 16.3. The van der Waals surface area contributed by atoms with Crippen molar-refractivity contribution in [2.45, 2.75) is 39.2 Å². The predicted molar refractivity (Wildman–Crippen MR) is 81.5 cm³/mol. The highest BCUT2D eigenvalue weighted by Crippen LogP contribution is 2.18. The number of benzene rings is 1. The van der Waals surface area contributed by atoms with Gasteiger partial charge in [0.2, 0.25) is 0 Å². The van der Waals surface area contributed by atoms with Gasteiger partial charge in [-0.05, 0) is 31.2 Å². The van der Waals surface area contributed by atoms with E-state index in [1.54, 1.807) is 6.92 Å². The van der Waals surface area contributed by atoms with E-state index in [-0.39, 0.29) is 12.6 Å². The van der Waals surface area contributed by atoms with Gasteiger partial charge in [0.15, 0.2) is 0 Å². The van der Waals surface area contributed by atoms with Crippen LogP contribution < -0.4 is 10.6 Å². The fourth-order valence-electron chi connectivity index (χ4n) is 1.93. The van der Waals surface area contributed by atoms with Gasteiger partial charge in [-0.15, -0.1) is 0 Å². The van der Waals surface area contributed by atoms with Crippen molar-refractivity contribution in [2.24, 2.45) is 5.92 Å². The Kier molecular flexibility index (Phi) is 6.52. The molecule has 0 saturated heterocycles. The second-order valence-electron chi connectivity index (χ2n) is 5.79. The van der Waals surface area contributed by atoms with Gasteiger partial charge in [-0.25, -0.2) is 4.79 Å². The molecule has 3 N–H and O–H groups in total. The smallest absolute Gasteiger partial charge is 0.314 e. The third-order valence-electron chi connectivity index (χ3n) is 3.23. The van der Waals surface area contributed by atoms with Gasteiger partial charge in [-0.1, -0.05) is 44.2 Å². The molecule has 0 fully saturated rings. The van der Waals surface area contributed by atoms with Crippen LogP contribution in [0.2, 0.25) is 0 Å². The van der Waals surface area contributed by atoms with Crippen LogP contribution in [0.15, 0.2) is 30.3 Å². The van der Waals surface area contributed by atoms with E-state index in [0.717, 1.165) is 18.4 Å². The maximum absolute atomic E-state index is 11.6. The number of nitrogens with one attached hydrogen (secondary N) is 2. The average molecular weight is 278 g/mol. The molecular weight excluding hydrogens is 252 g/mol. The second-order valence-corrected chi connectivity index (χ2v) is 5.79. The quantitative estimate of drug-likeness (QED) is 0.671. The van der Waals surface area contributed by atoms with Crippen LogP contribution in [0.5, 0.6) is 0 Å². The van der Waals surface area contributed by atoms with E-state index < -0.39 is 5.60 Å². The molecule has 2 amide bonds. The monoisotopic (exact) mass is 278 g/mol. The number of urea groups is 1. The third kappa shape index (κ3) is 6.06. The molecule has 0 aliphatic carbocycles. The van der Waals surface area contributed by atoms with E-state index >= 15 is 0 Å². The highest BCUT2D eigenvalue weighted by Gasteiger charge is 2.23. The lowest BCUT2D eigenvalue weighted by atomic mass is 9.96. The van der Waals surface area contributed by atoms with Crippen molar-refractivity contribution in [3.63, 3.8) is 0 Å². The molecule has 0 saturated carbocycles. The molecule has 1 atom stereocenters. The molecule has 1 rings (SSSR count). The van der Waals surface area contributed by atoms with Crippen LogP contribution in [0.1, 0.15) is 39.2 Å². The molecule has 0 heterocycles. The summed E-state index contributed by atoms with van der Waals surface area (Å²) in [6, 6.07) is 9.11. The standard InChI is InChI=1S/C16H26N2O2/c1-13(2)8-7-11-17-15(19)18-12-16(3,20)14-9-5-4-6-10-14/h4-6,9-10,13,20H,7-8,11-12H2,1-3H3,(H2,17,18,19). The van der Waals surface area contributed by atoms with E-state index in [4.69, 9.17) is 0 Å². The Balaban J connectivity index is 2.30. The molecule has 4 heteroatoms. The minimum absolute atomic E-state index is 0.188. The van der Waals surface area contributed by atoms with Gasteiger partial charge < -0.3 is 15.7 Å². The first-order valence-corrected chi connectivity index (χ1v) is 7.21. The Morgan fingerprint density at radius 1 is 1.25 bits per heavy atom. The molecule has 0 bridgehead atoms. The Hall–Kier alpha value is -1.55. The summed E-state index contributed by atoms with van der Waals surface area (Å²) in [4.78, 5) is 11.6. The zero-order chi connectivity index (χ0) is 15.0. The maximum atomic E-state index is 11.6. The van der Waals surface area contributed by atoms with E-state index in [9.17, 15) is 9.90 Å². The molecule has 0 aliphatic rings. The lowest BCUT2D eigenvalue weighted by Crippen LogP contribution is -2.43. The molecule has 0 radical (unpaired) electrons. The molecular formula is C16H26N2O2. The van der Waals surface area contributed by atoms with Gasteiger partial charge >= 0.3 is 6.03 Å². The lowest BCUT2D eigenvalue weighted by Gasteiger charge is -2.24. The van der Waals surface area contributed by atoms with Crippen LogP contribution in [0, 0.1) is 5.92 Å². The zero-order valence-corrected chi connectivity index (χ0v) is 12.6. The zero-order valence-electron chi connectivity index (χ0n) is 12.6. The van der Waals surface area contributed by atoms with Crippen molar-refractivity contribution in [3.8, 4) is 0 Å². The number of hydrogen-bond donors (Lipinski definition) is 3. The number of hydrogen-bond acceptors (Lipinski definition) is 2. The van der Waals surface area contributed by atoms with E-state index in [0.29, 0.717) is 12.5 Å². The van der Waals surface area contributed by atoms with E-state index in [2.05, 4.69) is 24.5 Å². The normalized spacial score (nSPS) is 13.8. The van der Waals surface area contributed by atoms with Crippen molar-refractivity contribution in [1.82, 2.24) is 10.6 Å². The summed E-state index contributed by atoms with van der Waals surface area (Å²) >= 11 is 0. The minimum atomic E-state index is -1.06. The summed E-state index contributed by atoms with van der Waals surface area (Å²) < 4.78 is 0. The van der Waals surface area contributed by atoms with Crippen molar-refractivity contribution >= 4 is 6.03 Å². The van der Waals surface area contributed by atoms with Gasteiger partial charge in [0.05, 0.1) is 6.54 Å². The Morgan fingerprint density at radius 3 is 2.50 bits per heavy atom. The van der Waals surface area contributed by atoms with Crippen LogP contribution in [-0.2, 0) is 5.60 Å². The second kappa shape index (κ2) is 7.90. The number of rotatable bonds is 7. The van der Waals surface area contributed by atoms with Crippen LogP contribution in [0.25, 0.3) is 0 Å². The fourth-order valence-corrected chi connectivity index (χ4v) is 1.93. The number of carbonyl (C=O) groups excluding carboxylic acids is 1. The average Bonchev–Trinajstić information content (AvgIpc) is 2.42. The van der Waals surface area contributed by atoms with Crippen molar-refractivity contribution in [3.05, 3.63) is 35.9 Å². The summed E-state index contributed by atoms with van der Waals surface area (Å²) in [5, 5.41) is 15.8. The largest absolute Gasteiger partial charge is 0.384 e. The summed E-state index contributed by atoms with van der Waals surface area (Å²) in [5.41, 5.74) is -0.267. The van der Waals surface area contributed by atoms with Crippen LogP contribution in [0.4, 0.5) is 4.79 Å². The molecule has 1 aromatic carbocycles. The van der Waals surface area contributed by atoms with E-state index in [1.165, 1.54) is 0 Å². The van der Waals surface area contributed by atoms with Gasteiger partial charge in [-0.3, -0.25) is 0 Å². The Morgan fingerprint density at radius 2 is 1.90 bits per heavy atom. The summed E-state index contributed by atoms with van der Waals surface area (Å²) in [6.45, 7) is 6.88. The van der Waals surface area contributed by atoms with Gasteiger partial charge in [0.25, 0.3) is 0 Å². The van der Waals surface area contributed by atoms with Crippen LogP contribution >= 0.6 is 0 Å². The highest BCUT2D eigenvalue weighted by molar-refractivity contribution is 5.73. The molecule has 0 aromatic heterocycles. The summed E-state index contributed by atoms with van der Waals surface area (Å²) in [7, 11) is 0. The lowest BCUT2D eigenvalue weighted by molar-refractivity contribution is 0.0594. The summed E-state index contributed by atoms with van der Waals surface area (Å²) in [6.07, 6.45) is 2.07. The molecule has 4 nitrogen and oxygen atoms in total. The first-order valence-electron chi connectivity index (χ1n) is 7.21. The number of aliphatic hydroxyl groups is 1. The summed E-state index contributed by atoms with van der Waals surface area (Å²) in [5.74, 6) is 0.652. The predicted octanol–water partition coefficient (Wildman–Crippen LogP) is 2.63. The molecule has 20 heavy (non-hydrogen) atoms. The number of carbonyl (C=O) groups is 1. The molecule has 0 spiro atoms. The first kappa shape index (κ1) is 16.5. The van der Waals surface area contributed by atoms with Gasteiger partial charge in [-0.2, -0.15) is 0 Å². The number of amides is 2. The van der Waals surface area contributed by atoms with Crippen molar-refractivity contribution < 1.29 is 9.90 Å². The topological polar surface area (TPSA) is 61.4 Å². The molecule has 0 aliphatic heterocycles. The van der Waals surface area contributed by atoms with Gasteiger partial charge in [0.1, 0.15) is 5.60 Å². The van der Waals surface area contributed by atoms with Gasteiger partial charge in [0, 0.05) is 6.54 Å². The maximum Gasteiger partial charge on any atom is 0.314 e.